The molecule has 0 aromatic heterocycles. The van der Waals surface area contributed by atoms with Crippen molar-refractivity contribution >= 4 is 5.71 Å². The lowest BCUT2D eigenvalue weighted by molar-refractivity contribution is -0.261. The fourth-order valence-electron chi connectivity index (χ4n) is 9.45. The largest absolute Gasteiger partial charge is 0.378 e. The maximum absolute atomic E-state index is 7.15. The quantitative estimate of drug-likeness (QED) is 0.0232. The van der Waals surface area contributed by atoms with E-state index in [1.165, 1.54) is 77.0 Å². The minimum absolute atomic E-state index is 0.249. The molecule has 390 valence electrons. The Morgan fingerprint density at radius 1 is 0.446 bits per heavy atom. The number of rotatable bonds is 33. The first kappa shape index (κ1) is 56.0. The zero-order valence-electron chi connectivity index (χ0n) is 44.0. The predicted octanol–water partition coefficient (Wildman–Crippen LogP) is 15.1. The van der Waals surface area contributed by atoms with Gasteiger partial charge in [0.15, 0.2) is 0 Å². The van der Waals surface area contributed by atoms with Crippen LogP contribution in [0.15, 0.2) is 187 Å². The average Bonchev–Trinajstić information content (AvgIpc) is 3.46. The minimum Gasteiger partial charge on any atom is -0.378 e. The molecule has 74 heavy (non-hydrogen) atoms. The molecule has 0 radical (unpaired) electrons. The van der Waals surface area contributed by atoms with Crippen molar-refractivity contribution in [1.29, 1.82) is 0 Å². The summed E-state index contributed by atoms with van der Waals surface area (Å²) in [5.41, 5.74) is 7.08. The molecule has 7 heteroatoms. The van der Waals surface area contributed by atoms with Gasteiger partial charge in [0.05, 0.1) is 45.4 Å². The SMILES string of the molecule is CCCCCCCCCCCCCCCCOC[C@H](C#CC1OC(COCc2ccccc2)C(OCc2ccccc2)C(OCc2ccccc2)C1OCc1ccccc1)N=C(c1ccccc1)c1ccccc1. The van der Waals surface area contributed by atoms with Gasteiger partial charge < -0.3 is 28.4 Å². The van der Waals surface area contributed by atoms with Gasteiger partial charge in [0.25, 0.3) is 0 Å². The normalized spacial score (nSPS) is 17.8. The molecule has 7 nitrogen and oxygen atoms in total. The molecular weight excluding hydrogens is 915 g/mol. The van der Waals surface area contributed by atoms with E-state index in [-0.39, 0.29) is 6.61 Å². The molecule has 0 N–H and O–H groups in total. The summed E-state index contributed by atoms with van der Waals surface area (Å²) in [4.78, 5) is 5.44. The van der Waals surface area contributed by atoms with Crippen molar-refractivity contribution in [1.82, 2.24) is 0 Å². The molecule has 6 aromatic rings. The molecule has 1 aliphatic rings. The fraction of sp³-hybridized carbons (Fsp3) is 0.418. The summed E-state index contributed by atoms with van der Waals surface area (Å²) in [5, 5.41) is 0. The van der Waals surface area contributed by atoms with E-state index in [0.717, 1.165) is 51.9 Å². The van der Waals surface area contributed by atoms with Crippen molar-refractivity contribution in [2.24, 2.45) is 4.99 Å². The van der Waals surface area contributed by atoms with Gasteiger partial charge in [0, 0.05) is 17.7 Å². The number of unbranched alkanes of at least 4 members (excludes halogenated alkanes) is 13. The lowest BCUT2D eigenvalue weighted by atomic mass is 9.93. The van der Waals surface area contributed by atoms with Crippen LogP contribution >= 0.6 is 0 Å². The third-order valence-electron chi connectivity index (χ3n) is 13.6. The lowest BCUT2D eigenvalue weighted by Crippen LogP contribution is -2.61. The van der Waals surface area contributed by atoms with Crippen molar-refractivity contribution in [2.45, 2.75) is 160 Å². The van der Waals surface area contributed by atoms with Gasteiger partial charge in [-0.2, -0.15) is 0 Å². The maximum Gasteiger partial charge on any atom is 0.147 e. The number of ether oxygens (including phenoxy) is 6. The Hall–Kier alpha value is -5.69. The Kier molecular flexibility index (Phi) is 25.7. The maximum atomic E-state index is 7.15. The molecule has 0 aliphatic carbocycles. The van der Waals surface area contributed by atoms with Crippen LogP contribution in [0.25, 0.3) is 0 Å². The van der Waals surface area contributed by atoms with E-state index in [1.54, 1.807) is 0 Å². The second kappa shape index (κ2) is 34.0. The molecule has 0 bridgehead atoms. The number of hydrogen-bond donors (Lipinski definition) is 0. The van der Waals surface area contributed by atoms with Crippen LogP contribution in [0.2, 0.25) is 0 Å². The summed E-state index contributed by atoms with van der Waals surface area (Å²) in [6, 6.07) is 61.1. The molecule has 1 saturated heterocycles. The van der Waals surface area contributed by atoms with Gasteiger partial charge >= 0.3 is 0 Å². The van der Waals surface area contributed by atoms with E-state index in [0.29, 0.717) is 39.6 Å². The van der Waals surface area contributed by atoms with E-state index < -0.39 is 36.6 Å². The van der Waals surface area contributed by atoms with Gasteiger partial charge in [0.1, 0.15) is 36.6 Å². The second-order valence-corrected chi connectivity index (χ2v) is 19.6. The average molecular weight is 996 g/mol. The van der Waals surface area contributed by atoms with Crippen LogP contribution < -0.4 is 0 Å². The van der Waals surface area contributed by atoms with E-state index in [9.17, 15) is 0 Å². The summed E-state index contributed by atoms with van der Waals surface area (Å²) < 4.78 is 41.1. The smallest absolute Gasteiger partial charge is 0.147 e. The topological polar surface area (TPSA) is 67.7 Å². The molecule has 0 amide bonds. The molecule has 6 aromatic carbocycles. The third-order valence-corrected chi connectivity index (χ3v) is 13.6. The van der Waals surface area contributed by atoms with E-state index >= 15 is 0 Å². The second-order valence-electron chi connectivity index (χ2n) is 19.6. The summed E-state index contributed by atoms with van der Waals surface area (Å²) in [6.45, 7) is 4.96. The highest BCUT2D eigenvalue weighted by atomic mass is 16.6. The van der Waals surface area contributed by atoms with Gasteiger partial charge in [-0.05, 0) is 28.7 Å². The van der Waals surface area contributed by atoms with Gasteiger partial charge in [-0.25, -0.2) is 0 Å². The van der Waals surface area contributed by atoms with Crippen molar-refractivity contribution in [3.05, 3.63) is 215 Å². The van der Waals surface area contributed by atoms with Crippen LogP contribution in [0.4, 0.5) is 0 Å². The molecular formula is C67H81NO6. The summed E-state index contributed by atoms with van der Waals surface area (Å²) >= 11 is 0. The lowest BCUT2D eigenvalue weighted by Gasteiger charge is -2.45. The number of hydrogen-bond acceptors (Lipinski definition) is 7. The molecule has 0 saturated carbocycles. The number of benzene rings is 6. The zero-order chi connectivity index (χ0) is 50.9. The molecule has 1 aliphatic heterocycles. The third kappa shape index (κ3) is 20.2. The van der Waals surface area contributed by atoms with Gasteiger partial charge in [-0.3, -0.25) is 4.99 Å². The minimum atomic E-state index is -0.734. The van der Waals surface area contributed by atoms with Crippen LogP contribution in [-0.2, 0) is 54.8 Å². The van der Waals surface area contributed by atoms with Gasteiger partial charge in [-0.1, -0.05) is 284 Å². The van der Waals surface area contributed by atoms with E-state index in [2.05, 4.69) is 116 Å². The Morgan fingerprint density at radius 2 is 0.838 bits per heavy atom. The first-order chi connectivity index (χ1) is 36.7. The van der Waals surface area contributed by atoms with Crippen LogP contribution in [0.1, 0.15) is 130 Å². The Bertz CT molecular complexity index is 2400. The zero-order valence-corrected chi connectivity index (χ0v) is 44.0. The molecule has 1 fully saturated rings. The highest BCUT2D eigenvalue weighted by Gasteiger charge is 2.48. The monoisotopic (exact) mass is 996 g/mol. The highest BCUT2D eigenvalue weighted by Crippen LogP contribution is 2.31. The predicted molar refractivity (Wildman–Crippen MR) is 301 cm³/mol. The Labute approximate surface area is 444 Å². The van der Waals surface area contributed by atoms with Crippen molar-refractivity contribution in [3.63, 3.8) is 0 Å². The first-order valence-electron chi connectivity index (χ1n) is 27.7. The first-order valence-corrected chi connectivity index (χ1v) is 27.7. The standard InChI is InChI=1S/C67H81NO6/c1-2-3-4-5-6-7-8-9-10-11-12-13-14-33-48-69-53-61(68-64(59-42-29-19-30-43-59)60-44-31-20-32-45-60)46-47-62-65(71-50-56-36-23-16-24-37-56)67(73-52-58-40-27-18-28-41-58)66(72-51-57-38-25-17-26-39-57)63(74-62)54-70-49-55-34-21-15-22-35-55/h15-32,34-45,61-63,65-67H,2-14,33,48-54H2,1H3/t61-,62?,63?,65?,66?,67?/m0/s1. The van der Waals surface area contributed by atoms with Crippen LogP contribution in [-0.4, -0.2) is 62.1 Å². The summed E-state index contributed by atoms with van der Waals surface area (Å²) in [7, 11) is 0. The van der Waals surface area contributed by atoms with Crippen molar-refractivity contribution < 1.29 is 28.4 Å². The van der Waals surface area contributed by atoms with Crippen molar-refractivity contribution in [3.8, 4) is 11.8 Å². The summed E-state index contributed by atoms with van der Waals surface area (Å²) in [5.74, 6) is 7.21. The number of nitrogens with zero attached hydrogens (tertiary/aromatic N) is 1. The van der Waals surface area contributed by atoms with Crippen LogP contribution in [0.5, 0.6) is 0 Å². The van der Waals surface area contributed by atoms with E-state index in [1.807, 2.05) is 84.9 Å². The van der Waals surface area contributed by atoms with Gasteiger partial charge in [-0.15, -0.1) is 0 Å². The van der Waals surface area contributed by atoms with Gasteiger partial charge in [0.2, 0.25) is 0 Å². The molecule has 5 unspecified atom stereocenters. The van der Waals surface area contributed by atoms with Crippen LogP contribution in [0, 0.1) is 11.8 Å². The fourth-order valence-corrected chi connectivity index (χ4v) is 9.45. The highest BCUT2D eigenvalue weighted by molar-refractivity contribution is 6.13. The van der Waals surface area contributed by atoms with E-state index in [4.69, 9.17) is 33.4 Å². The summed E-state index contributed by atoms with van der Waals surface area (Å²) in [6.07, 6.45) is 15.3. The molecule has 0 spiro atoms. The molecule has 6 atom stereocenters. The molecule has 7 rings (SSSR count). The van der Waals surface area contributed by atoms with Crippen LogP contribution in [0.3, 0.4) is 0 Å². The molecule has 1 heterocycles. The Balaban J connectivity index is 1.14. The van der Waals surface area contributed by atoms with Crippen molar-refractivity contribution in [2.75, 3.05) is 19.8 Å². The number of aliphatic imine (C=N–C) groups is 1. The Morgan fingerprint density at radius 3 is 1.30 bits per heavy atom.